The Balaban J connectivity index is 0.00000704. The van der Waals surface area contributed by atoms with Crippen molar-refractivity contribution >= 4 is 99.6 Å². The molecule has 8 N–H and O–H groups in total. The number of carboxylic acids is 1. The van der Waals surface area contributed by atoms with Gasteiger partial charge in [0.25, 0.3) is 20.2 Å². The summed E-state index contributed by atoms with van der Waals surface area (Å²) < 4.78 is 79.2. The zero-order chi connectivity index (χ0) is 43.4. The second kappa shape index (κ2) is 19.1. The summed E-state index contributed by atoms with van der Waals surface area (Å²) in [5, 5.41) is 68.8. The minimum Gasteiger partial charge on any atom is -0.506 e. The van der Waals surface area contributed by atoms with E-state index in [9.17, 15) is 46.1 Å². The van der Waals surface area contributed by atoms with Crippen molar-refractivity contribution in [2.45, 2.75) is 28.0 Å². The van der Waals surface area contributed by atoms with Crippen LogP contribution in [0.3, 0.4) is 0 Å². The van der Waals surface area contributed by atoms with Crippen LogP contribution in [0.25, 0.3) is 21.5 Å². The average molecular weight is 943 g/mol. The van der Waals surface area contributed by atoms with Gasteiger partial charge in [-0.3, -0.25) is 9.11 Å². The first-order valence-corrected chi connectivity index (χ1v) is 20.5. The van der Waals surface area contributed by atoms with E-state index in [2.05, 4.69) is 40.1 Å². The molecule has 21 nitrogen and oxygen atoms in total. The minimum absolute atomic E-state index is 0. The first-order valence-electron chi connectivity index (χ1n) is 16.8. The molecule has 1 radical (unpaired) electrons. The molecule has 0 spiro atoms. The molecule has 0 unspecified atom stereocenters. The van der Waals surface area contributed by atoms with Crippen molar-refractivity contribution in [3.05, 3.63) is 90.5 Å². The van der Waals surface area contributed by atoms with Gasteiger partial charge in [0.1, 0.15) is 38.4 Å². The van der Waals surface area contributed by atoms with Crippen LogP contribution in [0.1, 0.15) is 23.7 Å². The number of nitrogens with two attached hydrogens (primary N) is 1. The van der Waals surface area contributed by atoms with Crippen LogP contribution in [0.5, 0.6) is 17.2 Å². The number of phenolic OH excluding ortho intramolecular Hbond substituents is 2. The van der Waals surface area contributed by atoms with E-state index in [1.54, 1.807) is 18.2 Å². The number of fused-ring (bicyclic) bond motifs is 2. The van der Waals surface area contributed by atoms with Crippen molar-refractivity contribution in [2.24, 2.45) is 30.7 Å². The van der Waals surface area contributed by atoms with Gasteiger partial charge in [-0.2, -0.15) is 16.8 Å². The van der Waals surface area contributed by atoms with E-state index in [0.717, 1.165) is 24.3 Å². The van der Waals surface area contributed by atoms with Crippen LogP contribution in [0.15, 0.2) is 130 Å². The third-order valence-electron chi connectivity index (χ3n) is 8.31. The molecule has 0 saturated heterocycles. The number of azo groups is 3. The molecule has 0 aliphatic carbocycles. The summed E-state index contributed by atoms with van der Waals surface area (Å²) >= 11 is 0.605. The van der Waals surface area contributed by atoms with Crippen LogP contribution < -0.4 is 10.5 Å². The molecule has 0 aliphatic heterocycles. The van der Waals surface area contributed by atoms with Gasteiger partial charge in [0.05, 0.1) is 41.3 Å². The molecule has 321 valence electrons. The molecule has 0 amide bonds. The number of benzene rings is 6. The molecule has 0 fully saturated rings. The molecule has 6 rings (SSSR count). The molecule has 0 atom stereocenters. The molecule has 25 heteroatoms. The summed E-state index contributed by atoms with van der Waals surface area (Å²) in [6.45, 7) is 1.99. The Morgan fingerprint density at radius 3 is 2.00 bits per heavy atom. The van der Waals surface area contributed by atoms with E-state index < -0.39 is 58.9 Å². The Morgan fingerprint density at radius 1 is 0.721 bits per heavy atom. The van der Waals surface area contributed by atoms with Crippen LogP contribution in [0.2, 0.25) is 0 Å². The van der Waals surface area contributed by atoms with Crippen LogP contribution in [-0.4, -0.2) is 59.1 Å². The topological polar surface area (TPSA) is 335 Å². The Morgan fingerprint density at radius 2 is 1.36 bits per heavy atom. The van der Waals surface area contributed by atoms with Crippen molar-refractivity contribution in [2.75, 3.05) is 12.3 Å². The summed E-state index contributed by atoms with van der Waals surface area (Å²) in [5.74, 6) is -2.68. The number of phenols is 2. The fourth-order valence-electron chi connectivity index (χ4n) is 5.64. The standard InChI is InChI=1S/C36H29N7O14S3.Cu/c1-2-13-55-30-17-26(40-43-33-34(45)32(37)21-5-3-4-6-22(21)35(33)60(52,53)54)29(44)16-27(30)41-38-24-10-11-25(23-15-19(58-57-56-48)8-9-20(23)24)39-42-28-14-18(36(46)47)7-12-31(28)59(49,50)51;/h3-12,14-17,44-45,48H,2,13,37H2,1H3,(H,46,47)(H,49,50,51)(H,52,53,54);. The fourth-order valence-corrected chi connectivity index (χ4v) is 7.48. The molecule has 0 aliphatic rings. The molecular formula is C36H29CuN7O14S3. The SMILES string of the molecule is CCCOc1cc(N=Nc2c(O)c(N)c3ccccc3c2S(=O)(=O)O)c(O)cc1N=Nc1ccc(N=Nc2cc(C(=O)O)ccc2S(=O)(=O)O)c2cc(SOOO)ccc12.[Cu]. The molecular weight excluding hydrogens is 914 g/mol. The summed E-state index contributed by atoms with van der Waals surface area (Å²) in [5.41, 5.74) is 4.35. The molecule has 6 aromatic rings. The number of hydrogen-bond acceptors (Lipinski definition) is 19. The van der Waals surface area contributed by atoms with E-state index >= 15 is 0 Å². The number of rotatable bonds is 15. The maximum atomic E-state index is 12.5. The molecule has 0 bridgehead atoms. The van der Waals surface area contributed by atoms with Crippen LogP contribution in [-0.2, 0) is 46.7 Å². The smallest absolute Gasteiger partial charge is 0.335 e. The summed E-state index contributed by atoms with van der Waals surface area (Å²) in [4.78, 5) is 10.5. The largest absolute Gasteiger partial charge is 0.506 e. The Labute approximate surface area is 359 Å². The van der Waals surface area contributed by atoms with Gasteiger partial charge in [-0.15, -0.1) is 35.0 Å². The van der Waals surface area contributed by atoms with Crippen molar-refractivity contribution in [3.8, 4) is 17.2 Å². The van der Waals surface area contributed by atoms with E-state index in [1.165, 1.54) is 42.5 Å². The zero-order valence-corrected chi connectivity index (χ0v) is 34.1. The maximum absolute atomic E-state index is 12.5. The number of ether oxygens (including phenoxy) is 1. The van der Waals surface area contributed by atoms with Gasteiger partial charge in [0.15, 0.2) is 11.4 Å². The number of anilines is 1. The van der Waals surface area contributed by atoms with Gasteiger partial charge in [-0.05, 0) is 48.9 Å². The maximum Gasteiger partial charge on any atom is 0.335 e. The van der Waals surface area contributed by atoms with Gasteiger partial charge in [-0.1, -0.05) is 42.3 Å². The Bertz CT molecular complexity index is 3010. The summed E-state index contributed by atoms with van der Waals surface area (Å²) in [6.07, 6.45) is 0.536. The van der Waals surface area contributed by atoms with E-state index in [4.69, 9.17) is 15.7 Å². The molecule has 61 heavy (non-hydrogen) atoms. The third-order valence-corrected chi connectivity index (χ3v) is 10.7. The van der Waals surface area contributed by atoms with Crippen molar-refractivity contribution < 1.29 is 82.5 Å². The van der Waals surface area contributed by atoms with E-state index in [-0.39, 0.29) is 74.2 Å². The number of nitrogens with zero attached hydrogens (tertiary/aromatic N) is 6. The normalized spacial score (nSPS) is 12.2. The number of aromatic carboxylic acids is 1. The van der Waals surface area contributed by atoms with Crippen LogP contribution in [0, 0.1) is 0 Å². The second-order valence-corrected chi connectivity index (χ2v) is 15.7. The van der Waals surface area contributed by atoms with Crippen LogP contribution >= 0.6 is 12.0 Å². The molecule has 6 aromatic carbocycles. The van der Waals surface area contributed by atoms with E-state index in [0.29, 0.717) is 34.1 Å². The van der Waals surface area contributed by atoms with Gasteiger partial charge in [0, 0.05) is 55.6 Å². The van der Waals surface area contributed by atoms with Gasteiger partial charge in [0.2, 0.25) is 0 Å². The van der Waals surface area contributed by atoms with E-state index in [1.807, 2.05) is 6.92 Å². The predicted molar refractivity (Wildman–Crippen MR) is 214 cm³/mol. The number of aromatic hydroxyl groups is 2. The molecule has 0 aromatic heterocycles. The first kappa shape index (κ1) is 46.0. The Kier molecular flexibility index (Phi) is 14.4. The van der Waals surface area contributed by atoms with Gasteiger partial charge < -0.3 is 25.8 Å². The van der Waals surface area contributed by atoms with Crippen LogP contribution in [0.4, 0.5) is 39.8 Å². The minimum atomic E-state index is -5.00. The number of carboxylic acid groups (broad SMARTS) is 1. The Hall–Kier alpha value is -6.12. The first-order chi connectivity index (χ1) is 28.5. The zero-order valence-electron chi connectivity index (χ0n) is 30.7. The molecule has 0 saturated carbocycles. The quantitative estimate of drug-likeness (QED) is 0.00736. The molecule has 0 heterocycles. The summed E-state index contributed by atoms with van der Waals surface area (Å²) in [7, 11) is -9.84. The average Bonchev–Trinajstić information content (AvgIpc) is 3.21. The summed E-state index contributed by atoms with van der Waals surface area (Å²) in [6, 6.07) is 18.4. The monoisotopic (exact) mass is 942 g/mol. The predicted octanol–water partition coefficient (Wildman–Crippen LogP) is 9.64. The number of hydrogen-bond donors (Lipinski definition) is 7. The van der Waals surface area contributed by atoms with Crippen molar-refractivity contribution in [1.82, 2.24) is 0 Å². The van der Waals surface area contributed by atoms with Crippen molar-refractivity contribution in [3.63, 3.8) is 0 Å². The number of carbonyl (C=O) groups is 1. The second-order valence-electron chi connectivity index (χ2n) is 12.2. The van der Waals surface area contributed by atoms with Gasteiger partial charge >= 0.3 is 5.97 Å². The fraction of sp³-hybridized carbons (Fsp3) is 0.0833. The third kappa shape index (κ3) is 10.3. The number of nitrogen functional groups attached to an aromatic ring is 1. The van der Waals surface area contributed by atoms with Crippen molar-refractivity contribution in [1.29, 1.82) is 0 Å². The van der Waals surface area contributed by atoms with Gasteiger partial charge in [-0.25, -0.2) is 10.1 Å².